The molecule has 9 nitrogen and oxygen atoms in total. The molecule has 0 saturated carbocycles. The van der Waals surface area contributed by atoms with Crippen molar-refractivity contribution in [3.63, 3.8) is 0 Å². The predicted octanol–water partition coefficient (Wildman–Crippen LogP) is 5.52. The first-order valence-corrected chi connectivity index (χ1v) is 16.3. The first-order valence-electron chi connectivity index (χ1n) is 16.3. The predicted molar refractivity (Wildman–Crippen MR) is 173 cm³/mol. The van der Waals surface area contributed by atoms with Crippen LogP contribution in [0, 0.1) is 11.8 Å². The van der Waals surface area contributed by atoms with E-state index in [1.807, 2.05) is 56.3 Å². The van der Waals surface area contributed by atoms with Gasteiger partial charge in [0, 0.05) is 24.5 Å². The van der Waals surface area contributed by atoms with Gasteiger partial charge in [0.15, 0.2) is 0 Å². The molecule has 0 aromatic heterocycles. The highest BCUT2D eigenvalue weighted by Gasteiger charge is 2.78. The van der Waals surface area contributed by atoms with Gasteiger partial charge in [0.1, 0.15) is 17.4 Å². The summed E-state index contributed by atoms with van der Waals surface area (Å²) in [7, 11) is 0. The molecule has 9 heteroatoms. The number of benzene rings is 3. The van der Waals surface area contributed by atoms with Gasteiger partial charge < -0.3 is 30.1 Å². The number of carbonyl (C=O) groups excluding carboxylic acids is 3. The highest BCUT2D eigenvalue weighted by molar-refractivity contribution is 6.06. The van der Waals surface area contributed by atoms with Gasteiger partial charge in [-0.15, -0.1) is 0 Å². The molecule has 2 unspecified atom stereocenters. The highest BCUT2D eigenvalue weighted by atomic mass is 16.5. The summed E-state index contributed by atoms with van der Waals surface area (Å²) in [5.41, 5.74) is -0.663. The van der Waals surface area contributed by atoms with E-state index >= 15 is 0 Å². The zero-order valence-electron chi connectivity index (χ0n) is 26.1. The van der Waals surface area contributed by atoms with Crippen molar-refractivity contribution in [1.82, 2.24) is 4.90 Å². The number of nitrogens with zero attached hydrogens (tertiary/aromatic N) is 1. The van der Waals surface area contributed by atoms with E-state index in [1.165, 1.54) is 0 Å². The second kappa shape index (κ2) is 12.8. The smallest absolute Gasteiger partial charge is 0.250 e. The summed E-state index contributed by atoms with van der Waals surface area (Å²) in [5, 5.41) is 17.4. The minimum Gasteiger partial charge on any atom is -0.494 e. The SMILES string of the molecule is CCOc1ccc(NC(=O)[C@@H]2[C@H]3C(=O)N(CCCCCCO)C(C(=O)Nc4ccc5ccccc5c4)C34CC[C@@]2(CC)O4)cc1. The number of nitrogens with one attached hydrogen (secondary N) is 2. The van der Waals surface area contributed by atoms with E-state index in [0.717, 1.165) is 23.6 Å². The van der Waals surface area contributed by atoms with Gasteiger partial charge in [-0.05, 0) is 86.2 Å². The standard InChI is InChI=1S/C36H43N3O6/c1-3-35-19-20-36(45-35)30(29(35)32(41)37-26-15-17-28(18-16-26)44-4-2)34(43)39(21-9-5-6-10-22-40)31(36)33(42)38-27-14-13-24-11-7-8-12-25(24)23-27/h7-8,11-18,23,29-31,40H,3-6,9-10,19-22H2,1-2H3,(H,37,41)(H,38,42)/t29-,30-,31?,35+,36?/m0/s1. The van der Waals surface area contributed by atoms with Crippen LogP contribution in [0.25, 0.3) is 10.8 Å². The number of hydrogen-bond donors (Lipinski definition) is 3. The van der Waals surface area contributed by atoms with Crippen molar-refractivity contribution in [1.29, 1.82) is 0 Å². The zero-order valence-corrected chi connectivity index (χ0v) is 26.1. The van der Waals surface area contributed by atoms with Crippen LogP contribution < -0.4 is 15.4 Å². The first kappa shape index (κ1) is 31.0. The van der Waals surface area contributed by atoms with E-state index in [2.05, 4.69) is 10.6 Å². The van der Waals surface area contributed by atoms with Gasteiger partial charge >= 0.3 is 0 Å². The Kier molecular flexibility index (Phi) is 8.84. The fraction of sp³-hybridized carbons (Fsp3) is 0.472. The molecule has 1 spiro atoms. The van der Waals surface area contributed by atoms with Crippen molar-refractivity contribution in [3.05, 3.63) is 66.7 Å². The topological polar surface area (TPSA) is 117 Å². The maximum Gasteiger partial charge on any atom is 0.250 e. The van der Waals surface area contributed by atoms with Gasteiger partial charge in [-0.2, -0.15) is 0 Å². The molecular formula is C36H43N3O6. The van der Waals surface area contributed by atoms with Crippen molar-refractivity contribution in [3.8, 4) is 5.75 Å². The molecule has 2 bridgehead atoms. The Hall–Kier alpha value is -3.95. The molecule has 5 atom stereocenters. The second-order valence-electron chi connectivity index (χ2n) is 12.5. The molecule has 3 N–H and O–H groups in total. The average Bonchev–Trinajstić information content (AvgIpc) is 3.65. The number of likely N-dealkylation sites (tertiary alicyclic amines) is 1. The van der Waals surface area contributed by atoms with Gasteiger partial charge in [-0.25, -0.2) is 0 Å². The molecule has 3 amide bonds. The molecule has 3 fully saturated rings. The minimum atomic E-state index is -1.10. The third-order valence-corrected chi connectivity index (χ3v) is 9.97. The normalized spacial score (nSPS) is 26.7. The molecule has 0 aliphatic carbocycles. The summed E-state index contributed by atoms with van der Waals surface area (Å²) in [5.74, 6) is -1.54. The van der Waals surface area contributed by atoms with Crippen LogP contribution in [-0.4, -0.2) is 64.7 Å². The molecule has 45 heavy (non-hydrogen) atoms. The largest absolute Gasteiger partial charge is 0.494 e. The quantitative estimate of drug-likeness (QED) is 0.219. The lowest BCUT2D eigenvalue weighted by atomic mass is 9.65. The van der Waals surface area contributed by atoms with E-state index in [1.54, 1.807) is 29.2 Å². The van der Waals surface area contributed by atoms with E-state index in [9.17, 15) is 19.5 Å². The molecule has 0 radical (unpaired) electrons. The lowest BCUT2D eigenvalue weighted by Gasteiger charge is -2.34. The van der Waals surface area contributed by atoms with Crippen molar-refractivity contribution in [2.75, 3.05) is 30.4 Å². The minimum absolute atomic E-state index is 0.128. The van der Waals surface area contributed by atoms with Crippen molar-refractivity contribution < 1.29 is 29.0 Å². The molecule has 238 valence electrons. The van der Waals surface area contributed by atoms with E-state index in [0.29, 0.717) is 62.4 Å². The zero-order chi connectivity index (χ0) is 31.6. The Balaban J connectivity index is 1.30. The average molecular weight is 614 g/mol. The molecule has 3 saturated heterocycles. The molecule has 3 aliphatic rings. The van der Waals surface area contributed by atoms with Crippen LogP contribution in [0.1, 0.15) is 58.8 Å². The number of ether oxygens (including phenoxy) is 2. The number of rotatable bonds is 13. The maximum absolute atomic E-state index is 14.4. The number of aliphatic hydroxyl groups excluding tert-OH is 1. The number of amides is 3. The summed E-state index contributed by atoms with van der Waals surface area (Å²) >= 11 is 0. The van der Waals surface area contributed by atoms with Crippen LogP contribution in [0.5, 0.6) is 5.75 Å². The third kappa shape index (κ3) is 5.57. The fourth-order valence-corrected chi connectivity index (χ4v) is 7.90. The Morgan fingerprint density at radius 1 is 0.911 bits per heavy atom. The third-order valence-electron chi connectivity index (χ3n) is 9.97. The summed E-state index contributed by atoms with van der Waals surface area (Å²) < 4.78 is 12.4. The lowest BCUT2D eigenvalue weighted by molar-refractivity contribution is -0.144. The van der Waals surface area contributed by atoms with Gasteiger partial charge in [0.05, 0.1) is 24.0 Å². The maximum atomic E-state index is 14.4. The van der Waals surface area contributed by atoms with Crippen LogP contribution in [0.3, 0.4) is 0 Å². The molecule has 6 rings (SSSR count). The Morgan fingerprint density at radius 2 is 1.62 bits per heavy atom. The summed E-state index contributed by atoms with van der Waals surface area (Å²) in [6, 6.07) is 20.1. The van der Waals surface area contributed by atoms with Crippen LogP contribution in [-0.2, 0) is 19.1 Å². The Bertz CT molecular complexity index is 1560. The number of aliphatic hydroxyl groups is 1. The van der Waals surface area contributed by atoms with Crippen LogP contribution in [0.15, 0.2) is 66.7 Å². The summed E-state index contributed by atoms with van der Waals surface area (Å²) in [6.07, 6.45) is 4.73. The molecule has 3 aromatic rings. The van der Waals surface area contributed by atoms with Crippen LogP contribution in [0.4, 0.5) is 11.4 Å². The van der Waals surface area contributed by atoms with Gasteiger partial charge in [-0.1, -0.05) is 50.1 Å². The van der Waals surface area contributed by atoms with Gasteiger partial charge in [-0.3, -0.25) is 14.4 Å². The number of carbonyl (C=O) groups is 3. The van der Waals surface area contributed by atoms with E-state index < -0.39 is 29.1 Å². The summed E-state index contributed by atoms with van der Waals surface area (Å²) in [6.45, 7) is 4.96. The molecular weight excluding hydrogens is 570 g/mol. The van der Waals surface area contributed by atoms with E-state index in [-0.39, 0.29) is 24.3 Å². The highest BCUT2D eigenvalue weighted by Crippen LogP contribution is 2.64. The van der Waals surface area contributed by atoms with Gasteiger partial charge in [0.2, 0.25) is 17.7 Å². The first-order chi connectivity index (χ1) is 21.9. The van der Waals surface area contributed by atoms with Crippen molar-refractivity contribution in [2.45, 2.75) is 76.0 Å². The summed E-state index contributed by atoms with van der Waals surface area (Å²) in [4.78, 5) is 44.4. The lowest BCUT2D eigenvalue weighted by Crippen LogP contribution is -2.53. The molecule has 3 aromatic carbocycles. The molecule has 3 heterocycles. The molecule has 3 aliphatic heterocycles. The number of anilines is 2. The Labute approximate surface area is 264 Å². The fourth-order valence-electron chi connectivity index (χ4n) is 7.90. The number of hydrogen-bond acceptors (Lipinski definition) is 6. The van der Waals surface area contributed by atoms with Crippen molar-refractivity contribution >= 4 is 39.9 Å². The van der Waals surface area contributed by atoms with Crippen LogP contribution in [0.2, 0.25) is 0 Å². The van der Waals surface area contributed by atoms with E-state index in [4.69, 9.17) is 9.47 Å². The number of unbranched alkanes of at least 4 members (excludes halogenated alkanes) is 3. The van der Waals surface area contributed by atoms with Crippen LogP contribution >= 0.6 is 0 Å². The second-order valence-corrected chi connectivity index (χ2v) is 12.5. The number of fused-ring (bicyclic) bond motifs is 2. The van der Waals surface area contributed by atoms with Gasteiger partial charge in [0.25, 0.3) is 0 Å². The van der Waals surface area contributed by atoms with Crippen molar-refractivity contribution in [2.24, 2.45) is 11.8 Å². The monoisotopic (exact) mass is 613 g/mol. The Morgan fingerprint density at radius 3 is 2.36 bits per heavy atom.